The molecule has 1 atom stereocenters. The van der Waals surface area contributed by atoms with Gasteiger partial charge in [0.1, 0.15) is 5.75 Å². The molecule has 0 fully saturated rings. The molecule has 0 saturated carbocycles. The Morgan fingerprint density at radius 1 is 1.03 bits per heavy atom. The molecule has 0 amide bonds. The first-order valence-electron chi connectivity index (χ1n) is 9.32. The Hall–Kier alpha value is -2.90. The highest BCUT2D eigenvalue weighted by atomic mass is 32.2. The smallest absolute Gasteiger partial charge is 0.307 e. The van der Waals surface area contributed by atoms with Gasteiger partial charge in [0.05, 0.1) is 17.9 Å². The van der Waals surface area contributed by atoms with Crippen LogP contribution in [-0.4, -0.2) is 32.1 Å². The fourth-order valence-electron chi connectivity index (χ4n) is 3.17. The number of phenolic OH excluding ortho intramolecular Hbond substituents is 1. The van der Waals surface area contributed by atoms with Crippen LogP contribution in [0.5, 0.6) is 5.75 Å². The van der Waals surface area contributed by atoms with Crippen molar-refractivity contribution in [3.05, 3.63) is 72.3 Å². The molecule has 0 aliphatic rings. The maximum Gasteiger partial charge on any atom is 0.307 e. The van der Waals surface area contributed by atoms with E-state index in [-0.39, 0.29) is 23.7 Å². The lowest BCUT2D eigenvalue weighted by Crippen LogP contribution is -2.38. The van der Waals surface area contributed by atoms with Gasteiger partial charge < -0.3 is 9.84 Å². The molecule has 7 heteroatoms. The quantitative estimate of drug-likeness (QED) is 0.552. The third-order valence-corrected chi connectivity index (χ3v) is 5.98. The van der Waals surface area contributed by atoms with E-state index in [4.69, 9.17) is 4.74 Å². The van der Waals surface area contributed by atoms with Gasteiger partial charge in [-0.15, -0.1) is 0 Å². The predicted octanol–water partition coefficient (Wildman–Crippen LogP) is 3.39. The molecule has 0 heterocycles. The summed E-state index contributed by atoms with van der Waals surface area (Å²) in [6.07, 6.45) is 0.223. The largest absolute Gasteiger partial charge is 0.508 e. The van der Waals surface area contributed by atoms with Gasteiger partial charge in [-0.25, -0.2) is 13.1 Å². The van der Waals surface area contributed by atoms with Crippen molar-refractivity contribution < 1.29 is 23.1 Å². The number of sulfonamides is 1. The summed E-state index contributed by atoms with van der Waals surface area (Å²) in [5.74, 6) is -0.624. The molecule has 3 aromatic carbocycles. The summed E-state index contributed by atoms with van der Waals surface area (Å²) in [5, 5.41) is 11.7. The number of benzene rings is 3. The summed E-state index contributed by atoms with van der Waals surface area (Å²) in [6, 6.07) is 18.5. The van der Waals surface area contributed by atoms with Gasteiger partial charge in [0.15, 0.2) is 0 Å². The number of ether oxygens (including phenoxy) is 1. The lowest BCUT2D eigenvalue weighted by molar-refractivity contribution is -0.143. The van der Waals surface area contributed by atoms with Crippen LogP contribution in [0.3, 0.4) is 0 Å². The number of rotatable bonds is 8. The molecule has 0 bridgehead atoms. The minimum Gasteiger partial charge on any atom is -0.508 e. The topological polar surface area (TPSA) is 92.7 Å². The molecule has 3 aromatic rings. The fraction of sp³-hybridized carbons (Fsp3) is 0.227. The predicted molar refractivity (Wildman–Crippen MR) is 111 cm³/mol. The van der Waals surface area contributed by atoms with Gasteiger partial charge >= 0.3 is 5.97 Å². The Kier molecular flexibility index (Phi) is 6.51. The van der Waals surface area contributed by atoms with Crippen molar-refractivity contribution >= 4 is 26.8 Å². The average molecular weight is 413 g/mol. The first kappa shape index (κ1) is 20.8. The van der Waals surface area contributed by atoms with Crippen LogP contribution in [0.1, 0.15) is 18.9 Å². The number of fused-ring (bicyclic) bond motifs is 1. The van der Waals surface area contributed by atoms with Crippen LogP contribution in [0.2, 0.25) is 0 Å². The van der Waals surface area contributed by atoms with Crippen molar-refractivity contribution in [3.8, 4) is 5.75 Å². The molecule has 1 unspecified atom stereocenters. The van der Waals surface area contributed by atoms with Crippen molar-refractivity contribution in [2.75, 3.05) is 6.61 Å². The Morgan fingerprint density at radius 3 is 2.52 bits per heavy atom. The third kappa shape index (κ3) is 5.56. The minimum absolute atomic E-state index is 0.0649. The molecule has 0 spiro atoms. The van der Waals surface area contributed by atoms with Crippen LogP contribution in [0.4, 0.5) is 0 Å². The molecule has 29 heavy (non-hydrogen) atoms. The van der Waals surface area contributed by atoms with Crippen LogP contribution in [0, 0.1) is 0 Å². The third-order valence-electron chi connectivity index (χ3n) is 4.46. The standard InChI is InChI=1S/C22H23NO5S/c1-2-28-22(25)14-19(23-29(26,27)21-9-5-8-20(24)15-21)13-16-10-11-17-6-3-4-7-18(17)12-16/h3-12,15,19,23-24H,2,13-14H2,1H3. The van der Waals surface area contributed by atoms with Crippen LogP contribution in [0.25, 0.3) is 10.8 Å². The summed E-state index contributed by atoms with van der Waals surface area (Å²) < 4.78 is 33.1. The summed E-state index contributed by atoms with van der Waals surface area (Å²) in [4.78, 5) is 12.0. The molecule has 0 aromatic heterocycles. The summed E-state index contributed by atoms with van der Waals surface area (Å²) in [5.41, 5.74) is 0.900. The van der Waals surface area contributed by atoms with Crippen molar-refractivity contribution in [2.24, 2.45) is 0 Å². The van der Waals surface area contributed by atoms with E-state index in [1.807, 2.05) is 42.5 Å². The van der Waals surface area contributed by atoms with Crippen LogP contribution in [-0.2, 0) is 26.0 Å². The summed E-state index contributed by atoms with van der Waals surface area (Å²) >= 11 is 0. The zero-order valence-corrected chi connectivity index (χ0v) is 16.9. The SMILES string of the molecule is CCOC(=O)CC(Cc1ccc2ccccc2c1)NS(=O)(=O)c1cccc(O)c1. The molecule has 3 rings (SSSR count). The highest BCUT2D eigenvalue weighted by Gasteiger charge is 2.23. The van der Waals surface area contributed by atoms with Crippen LogP contribution >= 0.6 is 0 Å². The molecule has 0 aliphatic carbocycles. The van der Waals surface area contributed by atoms with E-state index in [2.05, 4.69) is 4.72 Å². The van der Waals surface area contributed by atoms with Crippen LogP contribution in [0.15, 0.2) is 71.6 Å². The van der Waals surface area contributed by atoms with E-state index in [0.717, 1.165) is 16.3 Å². The van der Waals surface area contributed by atoms with Gasteiger partial charge in [-0.3, -0.25) is 4.79 Å². The number of carbonyl (C=O) groups excluding carboxylic acids is 1. The molecule has 0 saturated heterocycles. The molecular formula is C22H23NO5S. The Bertz CT molecular complexity index is 1110. The first-order chi connectivity index (χ1) is 13.9. The van der Waals surface area contributed by atoms with E-state index in [1.54, 1.807) is 6.92 Å². The van der Waals surface area contributed by atoms with E-state index < -0.39 is 22.0 Å². The van der Waals surface area contributed by atoms with Gasteiger partial charge in [0.25, 0.3) is 0 Å². The molecular weight excluding hydrogens is 390 g/mol. The summed E-state index contributed by atoms with van der Waals surface area (Å²) in [6.45, 7) is 1.92. The highest BCUT2D eigenvalue weighted by molar-refractivity contribution is 7.89. The van der Waals surface area contributed by atoms with E-state index in [1.165, 1.54) is 24.3 Å². The number of phenols is 1. The summed E-state index contributed by atoms with van der Waals surface area (Å²) in [7, 11) is -3.92. The van der Waals surface area contributed by atoms with Crippen molar-refractivity contribution in [2.45, 2.75) is 30.7 Å². The molecule has 6 nitrogen and oxygen atoms in total. The van der Waals surface area contributed by atoms with Gasteiger partial charge in [-0.05, 0) is 47.9 Å². The zero-order valence-electron chi connectivity index (χ0n) is 16.0. The maximum absolute atomic E-state index is 12.8. The number of nitrogens with one attached hydrogen (secondary N) is 1. The second kappa shape index (κ2) is 9.07. The lowest BCUT2D eigenvalue weighted by Gasteiger charge is -2.19. The van der Waals surface area contributed by atoms with E-state index in [0.29, 0.717) is 6.42 Å². The first-order valence-corrected chi connectivity index (χ1v) is 10.8. The number of hydrogen-bond donors (Lipinski definition) is 2. The fourth-order valence-corrected chi connectivity index (χ4v) is 4.44. The number of aromatic hydroxyl groups is 1. The van der Waals surface area contributed by atoms with Gasteiger partial charge in [0, 0.05) is 6.04 Å². The molecule has 152 valence electrons. The zero-order chi connectivity index (χ0) is 20.9. The highest BCUT2D eigenvalue weighted by Crippen LogP contribution is 2.20. The number of hydrogen-bond acceptors (Lipinski definition) is 5. The molecule has 0 aliphatic heterocycles. The van der Waals surface area contributed by atoms with Gasteiger partial charge in [-0.1, -0.05) is 48.5 Å². The Labute approximate surface area is 170 Å². The lowest BCUT2D eigenvalue weighted by atomic mass is 10.0. The van der Waals surface area contributed by atoms with Gasteiger partial charge in [0.2, 0.25) is 10.0 Å². The van der Waals surface area contributed by atoms with E-state index >= 15 is 0 Å². The molecule has 0 radical (unpaired) electrons. The Balaban J connectivity index is 1.86. The van der Waals surface area contributed by atoms with Crippen molar-refractivity contribution in [3.63, 3.8) is 0 Å². The number of esters is 1. The number of carbonyl (C=O) groups is 1. The second-order valence-electron chi connectivity index (χ2n) is 6.71. The normalized spacial score (nSPS) is 12.6. The Morgan fingerprint density at radius 2 is 1.79 bits per heavy atom. The van der Waals surface area contributed by atoms with Gasteiger partial charge in [-0.2, -0.15) is 0 Å². The maximum atomic E-state index is 12.8. The van der Waals surface area contributed by atoms with Crippen molar-refractivity contribution in [1.29, 1.82) is 0 Å². The van der Waals surface area contributed by atoms with Crippen LogP contribution < -0.4 is 4.72 Å². The monoisotopic (exact) mass is 413 g/mol. The molecule has 2 N–H and O–H groups in total. The second-order valence-corrected chi connectivity index (χ2v) is 8.42. The van der Waals surface area contributed by atoms with Crippen molar-refractivity contribution in [1.82, 2.24) is 4.72 Å². The minimum atomic E-state index is -3.92. The van der Waals surface area contributed by atoms with E-state index in [9.17, 15) is 18.3 Å². The average Bonchev–Trinajstić information content (AvgIpc) is 2.67.